The fourth-order valence-corrected chi connectivity index (χ4v) is 4.78. The molecule has 11 heteroatoms. The zero-order valence-electron chi connectivity index (χ0n) is 15.2. The summed E-state index contributed by atoms with van der Waals surface area (Å²) in [5.41, 5.74) is 7.22. The van der Waals surface area contributed by atoms with E-state index in [1.54, 1.807) is 0 Å². The van der Waals surface area contributed by atoms with Crippen LogP contribution in [0.4, 0.5) is 5.82 Å². The van der Waals surface area contributed by atoms with Gasteiger partial charge in [0, 0.05) is 27.5 Å². The fourth-order valence-electron chi connectivity index (χ4n) is 3.07. The SMILES string of the molecule is Nc1ncnc2c1nc(Sc1cc3c(cc1I)OCO3)n2CCNC(=O)C1CC1. The monoisotopic (exact) mass is 524 g/mol. The van der Waals surface area contributed by atoms with Crippen LogP contribution in [0.25, 0.3) is 11.2 Å². The van der Waals surface area contributed by atoms with Crippen LogP contribution in [0, 0.1) is 9.49 Å². The summed E-state index contributed by atoms with van der Waals surface area (Å²) in [6, 6.07) is 3.89. The van der Waals surface area contributed by atoms with E-state index in [2.05, 4.69) is 42.9 Å². The van der Waals surface area contributed by atoms with E-state index < -0.39 is 0 Å². The lowest BCUT2D eigenvalue weighted by atomic mass is 10.3. The molecule has 1 fully saturated rings. The number of carbonyl (C=O) groups is 1. The lowest BCUT2D eigenvalue weighted by Crippen LogP contribution is -2.28. The molecule has 3 N–H and O–H groups in total. The van der Waals surface area contributed by atoms with E-state index in [4.69, 9.17) is 15.2 Å². The molecule has 150 valence electrons. The summed E-state index contributed by atoms with van der Waals surface area (Å²) in [7, 11) is 0. The molecule has 3 aromatic rings. The maximum Gasteiger partial charge on any atom is 0.231 e. The first-order chi connectivity index (χ1) is 14.1. The first-order valence-electron chi connectivity index (χ1n) is 9.11. The molecule has 0 radical (unpaired) electrons. The van der Waals surface area contributed by atoms with Crippen LogP contribution < -0.4 is 20.5 Å². The van der Waals surface area contributed by atoms with Gasteiger partial charge >= 0.3 is 0 Å². The van der Waals surface area contributed by atoms with Crippen molar-refractivity contribution in [1.82, 2.24) is 24.8 Å². The molecule has 1 aliphatic heterocycles. The number of nitrogens with two attached hydrogens (primary N) is 1. The Balaban J connectivity index is 1.46. The van der Waals surface area contributed by atoms with E-state index in [1.807, 2.05) is 16.7 Å². The highest BCUT2D eigenvalue weighted by Crippen LogP contribution is 2.41. The molecule has 0 atom stereocenters. The Labute approximate surface area is 183 Å². The fraction of sp³-hybridized carbons (Fsp3) is 0.333. The summed E-state index contributed by atoms with van der Waals surface area (Å²) in [4.78, 5) is 26.0. The largest absolute Gasteiger partial charge is 0.454 e. The minimum Gasteiger partial charge on any atom is -0.454 e. The van der Waals surface area contributed by atoms with E-state index >= 15 is 0 Å². The van der Waals surface area contributed by atoms with Crippen molar-refractivity contribution in [3.05, 3.63) is 22.0 Å². The van der Waals surface area contributed by atoms with Gasteiger partial charge in [0.1, 0.15) is 6.33 Å². The van der Waals surface area contributed by atoms with Crippen molar-refractivity contribution in [1.29, 1.82) is 0 Å². The summed E-state index contributed by atoms with van der Waals surface area (Å²) in [6.07, 6.45) is 3.39. The highest BCUT2D eigenvalue weighted by molar-refractivity contribution is 14.1. The number of amides is 1. The van der Waals surface area contributed by atoms with Gasteiger partial charge in [0.05, 0.1) is 0 Å². The molecule has 0 bridgehead atoms. The second-order valence-electron chi connectivity index (χ2n) is 6.78. The van der Waals surface area contributed by atoms with Crippen LogP contribution >= 0.6 is 34.4 Å². The van der Waals surface area contributed by atoms with Crippen LogP contribution in [0.2, 0.25) is 0 Å². The number of nitrogen functional groups attached to an aromatic ring is 1. The van der Waals surface area contributed by atoms with Gasteiger partial charge in [-0.2, -0.15) is 0 Å². The number of aromatic nitrogens is 4. The molecule has 3 heterocycles. The van der Waals surface area contributed by atoms with Gasteiger partial charge in [-0.1, -0.05) is 11.8 Å². The average molecular weight is 524 g/mol. The van der Waals surface area contributed by atoms with Crippen LogP contribution in [-0.4, -0.2) is 38.8 Å². The molecule has 2 aliphatic rings. The molecule has 1 aliphatic carbocycles. The zero-order chi connectivity index (χ0) is 20.0. The molecular formula is C18H17IN6O3S. The summed E-state index contributed by atoms with van der Waals surface area (Å²) >= 11 is 3.76. The number of nitrogens with one attached hydrogen (secondary N) is 1. The first-order valence-corrected chi connectivity index (χ1v) is 11.0. The smallest absolute Gasteiger partial charge is 0.231 e. The van der Waals surface area contributed by atoms with Crippen molar-refractivity contribution in [2.24, 2.45) is 5.92 Å². The average Bonchev–Trinajstić information content (AvgIpc) is 3.37. The normalized spacial score (nSPS) is 15.1. The molecule has 1 amide bonds. The third-order valence-electron chi connectivity index (χ3n) is 4.74. The number of hydrogen-bond acceptors (Lipinski definition) is 8. The van der Waals surface area contributed by atoms with Crippen molar-refractivity contribution in [3.8, 4) is 11.5 Å². The molecule has 29 heavy (non-hydrogen) atoms. The second kappa shape index (κ2) is 7.52. The standard InChI is InChI=1S/C18H17IN6O3S/c19-10-5-11-12(28-8-27-11)6-13(10)29-18-24-14-15(20)22-7-23-16(14)25(18)4-3-21-17(26)9-1-2-9/h5-7,9H,1-4,8H2,(H,21,26)(H2,20,22,23). The number of benzene rings is 1. The summed E-state index contributed by atoms with van der Waals surface area (Å²) < 4.78 is 13.9. The van der Waals surface area contributed by atoms with Crippen LogP contribution in [0.1, 0.15) is 12.8 Å². The summed E-state index contributed by atoms with van der Waals surface area (Å²) in [6.45, 7) is 1.26. The van der Waals surface area contributed by atoms with E-state index in [1.165, 1.54) is 18.1 Å². The van der Waals surface area contributed by atoms with Crippen LogP contribution in [0.5, 0.6) is 11.5 Å². The Hall–Kier alpha value is -2.28. The second-order valence-corrected chi connectivity index (χ2v) is 8.95. The highest BCUT2D eigenvalue weighted by Gasteiger charge is 2.29. The summed E-state index contributed by atoms with van der Waals surface area (Å²) in [5, 5.41) is 3.72. The Kier molecular flexibility index (Phi) is 4.86. The number of carbonyl (C=O) groups excluding carboxylic acids is 1. The molecule has 1 aromatic carbocycles. The first kappa shape index (κ1) is 18.7. The van der Waals surface area contributed by atoms with E-state index in [9.17, 15) is 4.79 Å². The number of imidazole rings is 1. The Morgan fingerprint density at radius 1 is 1.31 bits per heavy atom. The van der Waals surface area contributed by atoms with Crippen molar-refractivity contribution in [2.75, 3.05) is 19.1 Å². The maximum atomic E-state index is 12.0. The van der Waals surface area contributed by atoms with Crippen LogP contribution in [0.3, 0.4) is 0 Å². The number of rotatable bonds is 6. The minimum absolute atomic E-state index is 0.114. The predicted octanol–water partition coefficient (Wildman–Crippen LogP) is 2.42. The van der Waals surface area contributed by atoms with Crippen molar-refractivity contribution in [2.45, 2.75) is 29.4 Å². The quantitative estimate of drug-likeness (QED) is 0.473. The topological polar surface area (TPSA) is 117 Å². The lowest BCUT2D eigenvalue weighted by Gasteiger charge is -2.10. The van der Waals surface area contributed by atoms with Gasteiger partial charge in [-0.25, -0.2) is 15.0 Å². The van der Waals surface area contributed by atoms with Gasteiger partial charge in [0.2, 0.25) is 12.7 Å². The van der Waals surface area contributed by atoms with Gasteiger partial charge in [0.25, 0.3) is 0 Å². The highest BCUT2D eigenvalue weighted by atomic mass is 127. The third-order valence-corrected chi connectivity index (χ3v) is 7.05. The van der Waals surface area contributed by atoms with Crippen LogP contribution in [0.15, 0.2) is 28.5 Å². The molecular weight excluding hydrogens is 507 g/mol. The third kappa shape index (κ3) is 3.68. The molecule has 5 rings (SSSR count). The number of hydrogen-bond donors (Lipinski definition) is 2. The number of nitrogens with zero attached hydrogens (tertiary/aromatic N) is 4. The molecule has 0 saturated heterocycles. The Morgan fingerprint density at radius 3 is 2.90 bits per heavy atom. The Morgan fingerprint density at radius 2 is 2.10 bits per heavy atom. The lowest BCUT2D eigenvalue weighted by molar-refractivity contribution is -0.122. The minimum atomic E-state index is 0.114. The van der Waals surface area contributed by atoms with Crippen LogP contribution in [-0.2, 0) is 11.3 Å². The van der Waals surface area contributed by atoms with Crippen molar-refractivity contribution < 1.29 is 14.3 Å². The predicted molar refractivity (Wildman–Crippen MR) is 115 cm³/mol. The van der Waals surface area contributed by atoms with Gasteiger partial charge in [-0.05, 0) is 47.6 Å². The number of halogens is 1. The molecule has 1 saturated carbocycles. The number of ether oxygens (including phenoxy) is 2. The molecule has 9 nitrogen and oxygen atoms in total. The Bertz CT molecular complexity index is 1120. The van der Waals surface area contributed by atoms with E-state index in [-0.39, 0.29) is 18.6 Å². The van der Waals surface area contributed by atoms with Crippen molar-refractivity contribution in [3.63, 3.8) is 0 Å². The van der Waals surface area contributed by atoms with Gasteiger partial charge in [-0.15, -0.1) is 0 Å². The van der Waals surface area contributed by atoms with Gasteiger partial charge in [-0.3, -0.25) is 4.79 Å². The molecule has 0 spiro atoms. The van der Waals surface area contributed by atoms with Gasteiger partial charge < -0.3 is 25.1 Å². The maximum absolute atomic E-state index is 12.0. The van der Waals surface area contributed by atoms with E-state index in [0.29, 0.717) is 35.8 Å². The van der Waals surface area contributed by atoms with E-state index in [0.717, 1.165) is 32.2 Å². The van der Waals surface area contributed by atoms with Crippen molar-refractivity contribution >= 4 is 57.2 Å². The summed E-state index contributed by atoms with van der Waals surface area (Å²) in [5.74, 6) is 2.08. The molecule has 2 aromatic heterocycles. The number of anilines is 1. The number of fused-ring (bicyclic) bond motifs is 2. The molecule has 0 unspecified atom stereocenters. The zero-order valence-corrected chi connectivity index (χ0v) is 18.2. The van der Waals surface area contributed by atoms with Gasteiger partial charge in [0.15, 0.2) is 33.6 Å².